The van der Waals surface area contributed by atoms with Gasteiger partial charge in [0.25, 0.3) is 0 Å². The lowest BCUT2D eigenvalue weighted by molar-refractivity contribution is 0.0507. The zero-order chi connectivity index (χ0) is 9.97. The number of hydrogen-bond donors (Lipinski definition) is 2. The fourth-order valence-corrected chi connectivity index (χ4v) is 2.26. The van der Waals surface area contributed by atoms with Crippen molar-refractivity contribution < 1.29 is 5.11 Å². The van der Waals surface area contributed by atoms with Gasteiger partial charge in [0, 0.05) is 32.2 Å². The van der Waals surface area contributed by atoms with Crippen LogP contribution < -0.4 is 5.43 Å². The van der Waals surface area contributed by atoms with Crippen molar-refractivity contribution >= 4 is 0 Å². The number of hydrazine groups is 1. The second-order valence-electron chi connectivity index (χ2n) is 4.52. The number of likely N-dealkylation sites (N-methyl/N-ethyl adjacent to an activating group) is 1. The number of nitrogens with zero attached hydrogens (tertiary/aromatic N) is 2. The van der Waals surface area contributed by atoms with E-state index in [0.29, 0.717) is 6.04 Å². The highest BCUT2D eigenvalue weighted by atomic mass is 16.3. The van der Waals surface area contributed by atoms with E-state index in [1.165, 1.54) is 0 Å². The third kappa shape index (κ3) is 2.45. The van der Waals surface area contributed by atoms with Crippen LogP contribution >= 0.6 is 0 Å². The van der Waals surface area contributed by atoms with Gasteiger partial charge in [0.2, 0.25) is 0 Å². The quantitative estimate of drug-likeness (QED) is 0.638. The van der Waals surface area contributed by atoms with Crippen LogP contribution in [0, 0.1) is 0 Å². The van der Waals surface area contributed by atoms with Crippen molar-refractivity contribution in [3.05, 3.63) is 0 Å². The summed E-state index contributed by atoms with van der Waals surface area (Å²) >= 11 is 0. The van der Waals surface area contributed by atoms with E-state index in [1.807, 2.05) is 0 Å². The smallest absolute Gasteiger partial charge is 0.0706 e. The van der Waals surface area contributed by atoms with Crippen LogP contribution in [-0.2, 0) is 0 Å². The second kappa shape index (κ2) is 4.57. The summed E-state index contributed by atoms with van der Waals surface area (Å²) in [5, 5.41) is 11.9. The van der Waals surface area contributed by atoms with Gasteiger partial charge >= 0.3 is 0 Å². The Bertz CT molecular complexity index is 180. The summed E-state index contributed by atoms with van der Waals surface area (Å²) in [6.07, 6.45) is 3.11. The first-order chi connectivity index (χ1) is 6.75. The number of aliphatic hydroxyl groups excluding tert-OH is 1. The molecule has 1 saturated heterocycles. The predicted octanol–water partition coefficient (Wildman–Crippen LogP) is -0.348. The number of nitrogens with one attached hydrogen (secondary N) is 1. The van der Waals surface area contributed by atoms with E-state index in [9.17, 15) is 5.11 Å². The molecule has 0 spiro atoms. The molecule has 2 rings (SSSR count). The minimum absolute atomic E-state index is 0.130. The summed E-state index contributed by atoms with van der Waals surface area (Å²) in [4.78, 5) is 2.34. The number of hydrogen-bond acceptors (Lipinski definition) is 4. The lowest BCUT2D eigenvalue weighted by Gasteiger charge is -2.35. The van der Waals surface area contributed by atoms with Crippen molar-refractivity contribution in [2.75, 3.05) is 33.2 Å². The topological polar surface area (TPSA) is 38.7 Å². The predicted molar refractivity (Wildman–Crippen MR) is 55.9 cm³/mol. The number of aliphatic hydroxyl groups is 1. The largest absolute Gasteiger partial charge is 0.391 e. The Morgan fingerprint density at radius 1 is 1.14 bits per heavy atom. The molecular formula is C10H21N3O. The van der Waals surface area contributed by atoms with Gasteiger partial charge in [0.05, 0.1) is 6.10 Å². The minimum Gasteiger partial charge on any atom is -0.391 e. The highest BCUT2D eigenvalue weighted by molar-refractivity contribution is 4.82. The lowest BCUT2D eigenvalue weighted by Crippen LogP contribution is -2.55. The first-order valence-corrected chi connectivity index (χ1v) is 5.63. The molecule has 0 radical (unpaired) electrons. The average Bonchev–Trinajstić information content (AvgIpc) is 2.56. The van der Waals surface area contributed by atoms with Gasteiger partial charge in [-0.15, -0.1) is 0 Å². The van der Waals surface area contributed by atoms with Crippen LogP contribution in [0.4, 0.5) is 0 Å². The molecule has 1 saturated carbocycles. The second-order valence-corrected chi connectivity index (χ2v) is 4.52. The average molecular weight is 199 g/mol. The summed E-state index contributed by atoms with van der Waals surface area (Å²) in [5.74, 6) is 0. The van der Waals surface area contributed by atoms with Crippen molar-refractivity contribution in [1.29, 1.82) is 0 Å². The number of rotatable bonds is 2. The van der Waals surface area contributed by atoms with Crippen molar-refractivity contribution in [1.82, 2.24) is 15.3 Å². The Morgan fingerprint density at radius 3 is 2.43 bits per heavy atom. The van der Waals surface area contributed by atoms with Gasteiger partial charge in [-0.3, -0.25) is 0 Å². The van der Waals surface area contributed by atoms with E-state index in [0.717, 1.165) is 45.4 Å². The standard InChI is InChI=1S/C10H21N3O/c1-12-5-7-13(8-6-12)11-9-3-2-4-10(9)14/h9-11,14H,2-8H2,1H3. The molecule has 82 valence electrons. The fraction of sp³-hybridized carbons (Fsp3) is 1.00. The summed E-state index contributed by atoms with van der Waals surface area (Å²) in [5.41, 5.74) is 3.44. The molecule has 4 heteroatoms. The van der Waals surface area contributed by atoms with Crippen LogP contribution in [0.2, 0.25) is 0 Å². The van der Waals surface area contributed by atoms with E-state index in [4.69, 9.17) is 0 Å². The van der Waals surface area contributed by atoms with Gasteiger partial charge in [-0.25, -0.2) is 10.4 Å². The zero-order valence-corrected chi connectivity index (χ0v) is 8.95. The maximum Gasteiger partial charge on any atom is 0.0706 e. The van der Waals surface area contributed by atoms with Crippen molar-refractivity contribution in [3.63, 3.8) is 0 Å². The van der Waals surface area contributed by atoms with E-state index < -0.39 is 0 Å². The third-order valence-corrected chi connectivity index (χ3v) is 3.33. The molecule has 0 aromatic carbocycles. The molecular weight excluding hydrogens is 178 g/mol. The molecule has 2 fully saturated rings. The van der Waals surface area contributed by atoms with Crippen LogP contribution in [-0.4, -0.2) is 60.4 Å². The third-order valence-electron chi connectivity index (χ3n) is 3.33. The maximum absolute atomic E-state index is 9.67. The zero-order valence-electron chi connectivity index (χ0n) is 8.95. The molecule has 14 heavy (non-hydrogen) atoms. The normalized spacial score (nSPS) is 36.4. The maximum atomic E-state index is 9.67. The molecule has 0 bridgehead atoms. The van der Waals surface area contributed by atoms with E-state index in [2.05, 4.69) is 22.4 Å². The summed E-state index contributed by atoms with van der Waals surface area (Å²) in [6.45, 7) is 4.38. The SMILES string of the molecule is CN1CCN(NC2CCCC2O)CC1. The van der Waals surface area contributed by atoms with Crippen LogP contribution in [0.5, 0.6) is 0 Å². The summed E-state index contributed by atoms with van der Waals surface area (Å²) in [6, 6.07) is 0.304. The molecule has 2 N–H and O–H groups in total. The van der Waals surface area contributed by atoms with Crippen LogP contribution in [0.3, 0.4) is 0 Å². The van der Waals surface area contributed by atoms with Crippen molar-refractivity contribution in [3.8, 4) is 0 Å². The van der Waals surface area contributed by atoms with E-state index in [-0.39, 0.29) is 6.10 Å². The van der Waals surface area contributed by atoms with Gasteiger partial charge in [-0.2, -0.15) is 0 Å². The Labute approximate surface area is 85.8 Å². The summed E-state index contributed by atoms with van der Waals surface area (Å²) < 4.78 is 0. The Hall–Kier alpha value is -0.160. The molecule has 1 heterocycles. The van der Waals surface area contributed by atoms with Crippen molar-refractivity contribution in [2.45, 2.75) is 31.4 Å². The molecule has 1 aliphatic carbocycles. The molecule has 0 amide bonds. The Balaban J connectivity index is 1.74. The first-order valence-electron chi connectivity index (χ1n) is 5.63. The monoisotopic (exact) mass is 199 g/mol. The van der Waals surface area contributed by atoms with E-state index in [1.54, 1.807) is 0 Å². The lowest BCUT2D eigenvalue weighted by atomic mass is 10.2. The highest BCUT2D eigenvalue weighted by Gasteiger charge is 2.27. The van der Waals surface area contributed by atoms with Gasteiger partial charge in [0.15, 0.2) is 0 Å². The minimum atomic E-state index is -0.130. The molecule has 0 aromatic rings. The van der Waals surface area contributed by atoms with Crippen molar-refractivity contribution in [2.24, 2.45) is 0 Å². The van der Waals surface area contributed by atoms with Crippen LogP contribution in [0.1, 0.15) is 19.3 Å². The van der Waals surface area contributed by atoms with E-state index >= 15 is 0 Å². The highest BCUT2D eigenvalue weighted by Crippen LogP contribution is 2.19. The molecule has 2 atom stereocenters. The molecule has 4 nitrogen and oxygen atoms in total. The molecule has 0 aromatic heterocycles. The van der Waals surface area contributed by atoms with Gasteiger partial charge in [-0.1, -0.05) is 0 Å². The fourth-order valence-electron chi connectivity index (χ4n) is 2.26. The first kappa shape index (κ1) is 10.4. The van der Waals surface area contributed by atoms with Gasteiger partial charge in [0.1, 0.15) is 0 Å². The van der Waals surface area contributed by atoms with Crippen LogP contribution in [0.25, 0.3) is 0 Å². The summed E-state index contributed by atoms with van der Waals surface area (Å²) in [7, 11) is 2.15. The molecule has 2 unspecified atom stereocenters. The van der Waals surface area contributed by atoms with Gasteiger partial charge in [-0.05, 0) is 26.3 Å². The Morgan fingerprint density at radius 2 is 1.86 bits per heavy atom. The Kier molecular flexibility index (Phi) is 3.38. The van der Waals surface area contributed by atoms with Crippen LogP contribution in [0.15, 0.2) is 0 Å². The molecule has 2 aliphatic rings. The number of piperazine rings is 1. The molecule has 1 aliphatic heterocycles. The van der Waals surface area contributed by atoms with Gasteiger partial charge < -0.3 is 10.0 Å².